The standard InChI is InChI=1S/C21H25F2NO4/c1-13(2)16-7-5-14(3)9-18(16)27-12-20(25)24-11-15-6-8-17(28-21(22)23)19(10-15)26-4/h5-10,13,21H,11-12H2,1-4H3,(H,24,25). The summed E-state index contributed by atoms with van der Waals surface area (Å²) in [5.41, 5.74) is 2.78. The lowest BCUT2D eigenvalue weighted by Crippen LogP contribution is -2.28. The van der Waals surface area contributed by atoms with Crippen molar-refractivity contribution in [1.82, 2.24) is 5.32 Å². The number of benzene rings is 2. The van der Waals surface area contributed by atoms with Crippen molar-refractivity contribution in [3.05, 3.63) is 53.1 Å². The third-order valence-electron chi connectivity index (χ3n) is 4.08. The van der Waals surface area contributed by atoms with Gasteiger partial charge in [0.2, 0.25) is 0 Å². The van der Waals surface area contributed by atoms with Gasteiger partial charge in [0, 0.05) is 6.54 Å². The molecule has 0 unspecified atom stereocenters. The van der Waals surface area contributed by atoms with Crippen LogP contribution in [0.1, 0.15) is 36.5 Å². The molecule has 0 aromatic heterocycles. The lowest BCUT2D eigenvalue weighted by Gasteiger charge is -2.15. The molecule has 0 saturated carbocycles. The van der Waals surface area contributed by atoms with Crippen LogP contribution in [0.4, 0.5) is 8.78 Å². The van der Waals surface area contributed by atoms with Crippen LogP contribution in [-0.4, -0.2) is 26.2 Å². The first-order valence-electron chi connectivity index (χ1n) is 8.92. The molecule has 0 atom stereocenters. The number of aryl methyl sites for hydroxylation is 1. The second kappa shape index (κ2) is 9.92. The monoisotopic (exact) mass is 393 g/mol. The van der Waals surface area contributed by atoms with Gasteiger partial charge in [0.1, 0.15) is 5.75 Å². The predicted octanol–water partition coefficient (Wildman–Crippen LogP) is 4.42. The Morgan fingerprint density at radius 1 is 1.07 bits per heavy atom. The molecular formula is C21H25F2NO4. The fourth-order valence-corrected chi connectivity index (χ4v) is 2.65. The van der Waals surface area contributed by atoms with E-state index in [-0.39, 0.29) is 36.5 Å². The second-order valence-corrected chi connectivity index (χ2v) is 6.63. The molecule has 0 bridgehead atoms. The summed E-state index contributed by atoms with van der Waals surface area (Å²) in [6, 6.07) is 10.4. The van der Waals surface area contributed by atoms with Gasteiger partial charge in [-0.1, -0.05) is 32.0 Å². The van der Waals surface area contributed by atoms with E-state index in [1.54, 1.807) is 6.07 Å². The van der Waals surface area contributed by atoms with Gasteiger partial charge in [0.05, 0.1) is 7.11 Å². The number of nitrogens with one attached hydrogen (secondary N) is 1. The number of rotatable bonds is 9. The predicted molar refractivity (Wildman–Crippen MR) is 102 cm³/mol. The maximum atomic E-state index is 12.4. The third kappa shape index (κ3) is 6.11. The minimum Gasteiger partial charge on any atom is -0.493 e. The van der Waals surface area contributed by atoms with Gasteiger partial charge in [0.25, 0.3) is 5.91 Å². The summed E-state index contributed by atoms with van der Waals surface area (Å²) in [5.74, 6) is 0.796. The molecule has 0 spiro atoms. The molecule has 5 nitrogen and oxygen atoms in total. The molecule has 7 heteroatoms. The Kier molecular flexibility index (Phi) is 7.61. The van der Waals surface area contributed by atoms with Crippen molar-refractivity contribution in [2.24, 2.45) is 0 Å². The first kappa shape index (κ1) is 21.5. The summed E-state index contributed by atoms with van der Waals surface area (Å²) < 4.78 is 39.9. The van der Waals surface area contributed by atoms with E-state index < -0.39 is 6.61 Å². The van der Waals surface area contributed by atoms with Crippen LogP contribution in [0.25, 0.3) is 0 Å². The number of ether oxygens (including phenoxy) is 3. The summed E-state index contributed by atoms with van der Waals surface area (Å²) in [6.45, 7) is 3.24. The maximum Gasteiger partial charge on any atom is 0.387 e. The highest BCUT2D eigenvalue weighted by atomic mass is 19.3. The summed E-state index contributed by atoms with van der Waals surface area (Å²) in [4.78, 5) is 12.1. The number of amides is 1. The number of methoxy groups -OCH3 is 1. The topological polar surface area (TPSA) is 56.8 Å². The van der Waals surface area contributed by atoms with Crippen molar-refractivity contribution in [2.45, 2.75) is 39.8 Å². The molecule has 0 heterocycles. The zero-order chi connectivity index (χ0) is 20.7. The van der Waals surface area contributed by atoms with Crippen molar-refractivity contribution in [3.8, 4) is 17.2 Å². The van der Waals surface area contributed by atoms with Crippen LogP contribution in [0, 0.1) is 6.92 Å². The number of carbonyl (C=O) groups excluding carboxylic acids is 1. The minimum atomic E-state index is -2.94. The molecule has 0 radical (unpaired) electrons. The lowest BCUT2D eigenvalue weighted by atomic mass is 10.0. The van der Waals surface area contributed by atoms with Gasteiger partial charge in [-0.05, 0) is 47.7 Å². The van der Waals surface area contributed by atoms with Gasteiger partial charge in [-0.15, -0.1) is 0 Å². The highest BCUT2D eigenvalue weighted by Crippen LogP contribution is 2.29. The molecule has 0 aliphatic carbocycles. The number of carbonyl (C=O) groups is 1. The summed E-state index contributed by atoms with van der Waals surface area (Å²) in [6.07, 6.45) is 0. The van der Waals surface area contributed by atoms with Gasteiger partial charge in [-0.25, -0.2) is 0 Å². The summed E-state index contributed by atoms with van der Waals surface area (Å²) in [5, 5.41) is 2.74. The highest BCUT2D eigenvalue weighted by molar-refractivity contribution is 5.77. The molecule has 1 amide bonds. The van der Waals surface area contributed by atoms with Crippen LogP contribution >= 0.6 is 0 Å². The van der Waals surface area contributed by atoms with Crippen LogP contribution in [-0.2, 0) is 11.3 Å². The van der Waals surface area contributed by atoms with E-state index in [2.05, 4.69) is 23.9 Å². The van der Waals surface area contributed by atoms with Crippen LogP contribution in [0.2, 0.25) is 0 Å². The van der Waals surface area contributed by atoms with Gasteiger partial charge in [0.15, 0.2) is 18.1 Å². The lowest BCUT2D eigenvalue weighted by molar-refractivity contribution is -0.123. The minimum absolute atomic E-state index is 0.0587. The Balaban J connectivity index is 1.93. The quantitative estimate of drug-likeness (QED) is 0.685. The molecule has 0 fully saturated rings. The Hall–Kier alpha value is -2.83. The molecule has 2 aromatic rings. The van der Waals surface area contributed by atoms with Crippen LogP contribution in [0.15, 0.2) is 36.4 Å². The molecule has 152 valence electrons. The Bertz CT molecular complexity index is 809. The van der Waals surface area contributed by atoms with E-state index in [1.807, 2.05) is 25.1 Å². The summed E-state index contributed by atoms with van der Waals surface area (Å²) in [7, 11) is 1.36. The number of hydrogen-bond donors (Lipinski definition) is 1. The molecular weight excluding hydrogens is 368 g/mol. The normalized spacial score (nSPS) is 10.9. The third-order valence-corrected chi connectivity index (χ3v) is 4.08. The van der Waals surface area contributed by atoms with E-state index in [1.165, 1.54) is 19.2 Å². The molecule has 2 rings (SSSR count). The molecule has 0 saturated heterocycles. The Labute approximate surface area is 163 Å². The van der Waals surface area contributed by atoms with Crippen molar-refractivity contribution in [1.29, 1.82) is 0 Å². The Morgan fingerprint density at radius 3 is 2.46 bits per heavy atom. The van der Waals surface area contributed by atoms with Crippen LogP contribution in [0.3, 0.4) is 0 Å². The molecule has 0 aliphatic rings. The zero-order valence-electron chi connectivity index (χ0n) is 16.4. The van der Waals surface area contributed by atoms with Crippen LogP contribution in [0.5, 0.6) is 17.2 Å². The first-order valence-corrected chi connectivity index (χ1v) is 8.92. The number of alkyl halides is 2. The van der Waals surface area contributed by atoms with Crippen molar-refractivity contribution in [2.75, 3.05) is 13.7 Å². The molecule has 1 N–H and O–H groups in total. The second-order valence-electron chi connectivity index (χ2n) is 6.63. The average Bonchev–Trinajstić information content (AvgIpc) is 2.64. The smallest absolute Gasteiger partial charge is 0.387 e. The maximum absolute atomic E-state index is 12.4. The molecule has 0 aliphatic heterocycles. The van der Waals surface area contributed by atoms with E-state index in [0.29, 0.717) is 11.3 Å². The van der Waals surface area contributed by atoms with Crippen LogP contribution < -0.4 is 19.5 Å². The fraction of sp³-hybridized carbons (Fsp3) is 0.381. The zero-order valence-corrected chi connectivity index (χ0v) is 16.4. The largest absolute Gasteiger partial charge is 0.493 e. The van der Waals surface area contributed by atoms with E-state index in [0.717, 1.165) is 11.1 Å². The fourth-order valence-electron chi connectivity index (χ4n) is 2.65. The Morgan fingerprint density at radius 2 is 1.82 bits per heavy atom. The van der Waals surface area contributed by atoms with Gasteiger partial charge >= 0.3 is 6.61 Å². The van der Waals surface area contributed by atoms with E-state index >= 15 is 0 Å². The van der Waals surface area contributed by atoms with Gasteiger partial charge < -0.3 is 19.5 Å². The van der Waals surface area contributed by atoms with E-state index in [4.69, 9.17) is 9.47 Å². The van der Waals surface area contributed by atoms with Gasteiger partial charge in [-0.2, -0.15) is 8.78 Å². The van der Waals surface area contributed by atoms with Crippen molar-refractivity contribution >= 4 is 5.91 Å². The molecule has 2 aromatic carbocycles. The van der Waals surface area contributed by atoms with Crippen molar-refractivity contribution < 1.29 is 27.8 Å². The SMILES string of the molecule is COc1cc(CNC(=O)COc2cc(C)ccc2C(C)C)ccc1OC(F)F. The first-order chi connectivity index (χ1) is 13.3. The molecule has 28 heavy (non-hydrogen) atoms. The van der Waals surface area contributed by atoms with E-state index in [9.17, 15) is 13.6 Å². The average molecular weight is 393 g/mol. The summed E-state index contributed by atoms with van der Waals surface area (Å²) >= 11 is 0. The van der Waals surface area contributed by atoms with Crippen molar-refractivity contribution in [3.63, 3.8) is 0 Å². The van der Waals surface area contributed by atoms with Gasteiger partial charge in [-0.3, -0.25) is 4.79 Å². The number of halogens is 2. The number of hydrogen-bond acceptors (Lipinski definition) is 4. The highest BCUT2D eigenvalue weighted by Gasteiger charge is 2.13.